The van der Waals surface area contributed by atoms with Crippen molar-refractivity contribution < 1.29 is 0 Å². The third-order valence-corrected chi connectivity index (χ3v) is 3.49. The summed E-state index contributed by atoms with van der Waals surface area (Å²) in [5.74, 6) is 0. The lowest BCUT2D eigenvalue weighted by molar-refractivity contribution is 1.35. The minimum absolute atomic E-state index is 0.624. The van der Waals surface area contributed by atoms with Gasteiger partial charge in [-0.2, -0.15) is 5.26 Å². The quantitative estimate of drug-likeness (QED) is 0.832. The van der Waals surface area contributed by atoms with E-state index in [0.29, 0.717) is 16.3 Å². The molecule has 0 heterocycles. The highest BCUT2D eigenvalue weighted by molar-refractivity contribution is 7.99. The number of benzene rings is 2. The van der Waals surface area contributed by atoms with Crippen LogP contribution in [0.2, 0.25) is 5.02 Å². The lowest BCUT2D eigenvalue weighted by Crippen LogP contribution is -1.87. The molecule has 17 heavy (non-hydrogen) atoms. The zero-order valence-electron chi connectivity index (χ0n) is 8.85. The summed E-state index contributed by atoms with van der Waals surface area (Å²) in [6.07, 6.45) is 0. The molecule has 0 aromatic heterocycles. The highest BCUT2D eigenvalue weighted by atomic mass is 35.5. The van der Waals surface area contributed by atoms with E-state index >= 15 is 0 Å². The molecular formula is C13H9ClN2S. The van der Waals surface area contributed by atoms with Gasteiger partial charge in [-0.25, -0.2) is 0 Å². The van der Waals surface area contributed by atoms with Crippen molar-refractivity contribution in [2.24, 2.45) is 0 Å². The molecule has 2 rings (SSSR count). The van der Waals surface area contributed by atoms with Crippen molar-refractivity contribution in [2.75, 3.05) is 5.73 Å². The SMILES string of the molecule is N#Cc1ccc(N)cc1Sc1ccc(Cl)cc1. The number of anilines is 1. The summed E-state index contributed by atoms with van der Waals surface area (Å²) in [6, 6.07) is 14.9. The Morgan fingerprint density at radius 2 is 1.82 bits per heavy atom. The van der Waals surface area contributed by atoms with E-state index in [4.69, 9.17) is 22.6 Å². The highest BCUT2D eigenvalue weighted by Gasteiger charge is 2.04. The van der Waals surface area contributed by atoms with E-state index in [1.807, 2.05) is 24.3 Å². The zero-order chi connectivity index (χ0) is 12.3. The molecule has 0 unspecified atom stereocenters. The van der Waals surface area contributed by atoms with Crippen LogP contribution in [0, 0.1) is 11.3 Å². The molecule has 0 amide bonds. The monoisotopic (exact) mass is 260 g/mol. The van der Waals surface area contributed by atoms with Crippen molar-refractivity contribution >= 4 is 29.1 Å². The average Bonchev–Trinajstić information content (AvgIpc) is 2.32. The van der Waals surface area contributed by atoms with Crippen molar-refractivity contribution in [3.8, 4) is 6.07 Å². The summed E-state index contributed by atoms with van der Waals surface area (Å²) in [5.41, 5.74) is 6.99. The van der Waals surface area contributed by atoms with Crippen LogP contribution in [0.25, 0.3) is 0 Å². The lowest BCUT2D eigenvalue weighted by atomic mass is 10.2. The van der Waals surface area contributed by atoms with Crippen LogP contribution < -0.4 is 5.73 Å². The van der Waals surface area contributed by atoms with Gasteiger partial charge >= 0.3 is 0 Å². The molecule has 2 aromatic carbocycles. The summed E-state index contributed by atoms with van der Waals surface area (Å²) < 4.78 is 0. The molecule has 0 aliphatic heterocycles. The summed E-state index contributed by atoms with van der Waals surface area (Å²) in [5, 5.41) is 9.70. The van der Waals surface area contributed by atoms with Crippen LogP contribution in [0.3, 0.4) is 0 Å². The minimum Gasteiger partial charge on any atom is -0.399 e. The normalized spacial score (nSPS) is 9.88. The third-order valence-electron chi connectivity index (χ3n) is 2.17. The maximum absolute atomic E-state index is 9.01. The molecule has 0 spiro atoms. The smallest absolute Gasteiger partial charge is 0.100 e. The van der Waals surface area contributed by atoms with E-state index < -0.39 is 0 Å². The van der Waals surface area contributed by atoms with E-state index in [0.717, 1.165) is 9.79 Å². The first-order chi connectivity index (χ1) is 8.19. The standard InChI is InChI=1S/C13H9ClN2S/c14-10-2-5-12(6-3-10)17-13-7-11(16)4-1-9(13)8-15/h1-7H,16H2. The molecule has 0 aliphatic rings. The molecule has 2 aromatic rings. The maximum atomic E-state index is 9.01. The Hall–Kier alpha value is -1.63. The van der Waals surface area contributed by atoms with Crippen LogP contribution in [0.15, 0.2) is 52.3 Å². The van der Waals surface area contributed by atoms with Gasteiger partial charge in [-0.05, 0) is 42.5 Å². The van der Waals surface area contributed by atoms with Gasteiger partial charge in [-0.3, -0.25) is 0 Å². The molecule has 2 N–H and O–H groups in total. The first-order valence-electron chi connectivity index (χ1n) is 4.92. The predicted octanol–water partition coefficient (Wildman–Crippen LogP) is 3.95. The summed E-state index contributed by atoms with van der Waals surface area (Å²) in [7, 11) is 0. The van der Waals surface area contributed by atoms with Crippen molar-refractivity contribution in [2.45, 2.75) is 9.79 Å². The van der Waals surface area contributed by atoms with Crippen molar-refractivity contribution in [3.05, 3.63) is 53.1 Å². The topological polar surface area (TPSA) is 49.8 Å². The van der Waals surface area contributed by atoms with Gasteiger partial charge in [-0.15, -0.1) is 0 Å². The number of rotatable bonds is 2. The second-order valence-electron chi connectivity index (χ2n) is 3.42. The third kappa shape index (κ3) is 2.94. The number of nitrogens with zero attached hydrogens (tertiary/aromatic N) is 1. The lowest BCUT2D eigenvalue weighted by Gasteiger charge is -2.05. The Bertz CT molecular complexity index is 573. The minimum atomic E-state index is 0.624. The Labute approximate surface area is 109 Å². The highest BCUT2D eigenvalue weighted by Crippen LogP contribution is 2.32. The first kappa shape index (κ1) is 11.8. The van der Waals surface area contributed by atoms with Crippen LogP contribution in [-0.2, 0) is 0 Å². The Morgan fingerprint density at radius 3 is 2.47 bits per heavy atom. The fourth-order valence-corrected chi connectivity index (χ4v) is 2.42. The molecule has 0 bridgehead atoms. The number of hydrogen-bond acceptors (Lipinski definition) is 3. The van der Waals surface area contributed by atoms with Gasteiger partial charge < -0.3 is 5.73 Å². The fraction of sp³-hybridized carbons (Fsp3) is 0. The number of hydrogen-bond donors (Lipinski definition) is 1. The zero-order valence-corrected chi connectivity index (χ0v) is 10.4. The second kappa shape index (κ2) is 5.13. The number of nitrogens with two attached hydrogens (primary N) is 1. The predicted molar refractivity (Wildman–Crippen MR) is 71.1 cm³/mol. The van der Waals surface area contributed by atoms with E-state index in [1.165, 1.54) is 11.8 Å². The van der Waals surface area contributed by atoms with Gasteiger partial charge in [0, 0.05) is 20.5 Å². The van der Waals surface area contributed by atoms with Gasteiger partial charge in [0.15, 0.2) is 0 Å². The van der Waals surface area contributed by atoms with Crippen LogP contribution in [0.4, 0.5) is 5.69 Å². The molecule has 0 saturated heterocycles. The van der Waals surface area contributed by atoms with Gasteiger partial charge in [0.2, 0.25) is 0 Å². The summed E-state index contributed by atoms with van der Waals surface area (Å²) >= 11 is 7.32. The van der Waals surface area contributed by atoms with Gasteiger partial charge in [0.1, 0.15) is 6.07 Å². The number of nitriles is 1. The Balaban J connectivity index is 2.32. The largest absolute Gasteiger partial charge is 0.399 e. The average molecular weight is 261 g/mol. The molecule has 0 atom stereocenters. The molecule has 2 nitrogen and oxygen atoms in total. The van der Waals surface area contributed by atoms with Gasteiger partial charge in [-0.1, -0.05) is 23.4 Å². The summed E-state index contributed by atoms with van der Waals surface area (Å²) in [4.78, 5) is 1.88. The molecule has 4 heteroatoms. The van der Waals surface area contributed by atoms with Crippen LogP contribution in [0.1, 0.15) is 5.56 Å². The molecule has 0 fully saturated rings. The second-order valence-corrected chi connectivity index (χ2v) is 4.98. The molecule has 0 radical (unpaired) electrons. The summed E-state index contributed by atoms with van der Waals surface area (Å²) in [6.45, 7) is 0. The van der Waals surface area contributed by atoms with Crippen LogP contribution in [0.5, 0.6) is 0 Å². The Kier molecular flexibility index (Phi) is 3.58. The number of nitrogen functional groups attached to an aromatic ring is 1. The molecular weight excluding hydrogens is 252 g/mol. The van der Waals surface area contributed by atoms with E-state index in [1.54, 1.807) is 18.2 Å². The fourth-order valence-electron chi connectivity index (χ4n) is 1.35. The molecule has 0 saturated carbocycles. The number of halogens is 1. The van der Waals surface area contributed by atoms with Crippen molar-refractivity contribution in [3.63, 3.8) is 0 Å². The van der Waals surface area contributed by atoms with Crippen LogP contribution in [-0.4, -0.2) is 0 Å². The Morgan fingerprint density at radius 1 is 1.12 bits per heavy atom. The van der Waals surface area contributed by atoms with E-state index in [9.17, 15) is 0 Å². The van der Waals surface area contributed by atoms with E-state index in [-0.39, 0.29) is 0 Å². The molecule has 84 valence electrons. The van der Waals surface area contributed by atoms with Crippen molar-refractivity contribution in [1.82, 2.24) is 0 Å². The van der Waals surface area contributed by atoms with E-state index in [2.05, 4.69) is 6.07 Å². The van der Waals surface area contributed by atoms with Gasteiger partial charge in [0.25, 0.3) is 0 Å². The molecule has 0 aliphatic carbocycles. The van der Waals surface area contributed by atoms with Crippen molar-refractivity contribution in [1.29, 1.82) is 5.26 Å². The van der Waals surface area contributed by atoms with Crippen LogP contribution >= 0.6 is 23.4 Å². The van der Waals surface area contributed by atoms with Gasteiger partial charge in [0.05, 0.1) is 5.56 Å². The maximum Gasteiger partial charge on any atom is 0.100 e. The first-order valence-corrected chi connectivity index (χ1v) is 6.11.